The molecule has 0 bridgehead atoms. The van der Waals surface area contributed by atoms with Gasteiger partial charge in [-0.2, -0.15) is 0 Å². The van der Waals surface area contributed by atoms with Crippen LogP contribution in [-0.2, 0) is 16.5 Å². The topological polar surface area (TPSA) is 91.0 Å². The number of aromatic hydroxyl groups is 2. The Bertz CT molecular complexity index is 1710. The third-order valence-corrected chi connectivity index (χ3v) is 8.21. The largest absolute Gasteiger partial charge is 0.507 e. The van der Waals surface area contributed by atoms with E-state index in [4.69, 9.17) is 0 Å². The summed E-state index contributed by atoms with van der Waals surface area (Å²) in [5.74, 6) is 0.392. The maximum absolute atomic E-state index is 9.77. The van der Waals surface area contributed by atoms with Crippen molar-refractivity contribution in [2.45, 2.75) is 0 Å². The molecule has 0 atom stereocenters. The summed E-state index contributed by atoms with van der Waals surface area (Å²) in [6.07, 6.45) is 3.24. The normalized spacial score (nSPS) is 10.8. The minimum absolute atomic E-state index is 0. The molecule has 0 saturated heterocycles. The molecule has 0 amide bonds. The van der Waals surface area contributed by atoms with Gasteiger partial charge in [0.2, 0.25) is 10.3 Å². The second-order valence-corrected chi connectivity index (χ2v) is 12.2. The molecule has 0 aliphatic rings. The van der Waals surface area contributed by atoms with Crippen LogP contribution < -0.4 is 0 Å². The summed E-state index contributed by atoms with van der Waals surface area (Å²) in [4.78, 5) is 17.6. The molecule has 0 unspecified atom stereocenters. The molecular weight excluding hydrogens is 755 g/mol. The third kappa shape index (κ3) is 9.26. The molecule has 6 rings (SSSR count). The maximum atomic E-state index is 9.77. The molecule has 43 heavy (non-hydrogen) atoms. The maximum Gasteiger partial charge on any atom is 0.209 e. The molecule has 2 N–H and O–H groups in total. The van der Waals surface area contributed by atoms with Crippen molar-refractivity contribution in [1.29, 1.82) is 0 Å². The molecule has 0 aliphatic carbocycles. The van der Waals surface area contributed by atoms with E-state index in [1.54, 1.807) is 36.7 Å². The number of phenols is 2. The Morgan fingerprint density at radius 3 is 1.37 bits per heavy atom. The number of hydrogen-bond donors (Lipinski definition) is 2. The molecule has 0 saturated carbocycles. The van der Waals surface area contributed by atoms with E-state index in [0.717, 1.165) is 31.5 Å². The monoisotopic (exact) mass is 774 g/mol. The van der Waals surface area contributed by atoms with Gasteiger partial charge < -0.3 is 10.2 Å². The van der Waals surface area contributed by atoms with Gasteiger partial charge in [0.05, 0.1) is 11.4 Å². The average molecular weight is 777 g/mol. The smallest absolute Gasteiger partial charge is 0.209 e. The first kappa shape index (κ1) is 32.4. The van der Waals surface area contributed by atoms with Gasteiger partial charge in [-0.1, -0.05) is 92.5 Å². The van der Waals surface area contributed by atoms with E-state index >= 15 is 0 Å². The average Bonchev–Trinajstić information content (AvgIpc) is 3.70. The zero-order valence-corrected chi connectivity index (χ0v) is 27.9. The summed E-state index contributed by atoms with van der Waals surface area (Å²) in [5.41, 5.74) is 5.26. The fraction of sp³-hybridized carbons (Fsp3) is 0. The summed E-state index contributed by atoms with van der Waals surface area (Å²) in [5, 5.41) is 24.8. The number of aliphatic imine (C=N–C) groups is 2. The summed E-state index contributed by atoms with van der Waals surface area (Å²) >= 11 is 9.69. The molecule has 11 heteroatoms. The van der Waals surface area contributed by atoms with Gasteiger partial charge in [0.1, 0.15) is 11.5 Å². The van der Waals surface area contributed by atoms with E-state index < -0.39 is 0 Å². The standard InChI is InChI=1S/2C16H11BrN2OS.Ni/c2*17-13-6-7-15(20)12(8-13)9-18-16-19-14(10-21-16)11-4-2-1-3-5-11;/h2*1-10,20H;/b2*18-9+;. The molecule has 6 nitrogen and oxygen atoms in total. The van der Waals surface area contributed by atoms with Crippen molar-refractivity contribution in [3.63, 3.8) is 0 Å². The van der Waals surface area contributed by atoms with Crippen LogP contribution in [0.1, 0.15) is 11.1 Å². The zero-order valence-electron chi connectivity index (χ0n) is 22.1. The van der Waals surface area contributed by atoms with E-state index in [0.29, 0.717) is 21.4 Å². The van der Waals surface area contributed by atoms with Gasteiger partial charge in [-0.05, 0) is 36.4 Å². The number of nitrogens with zero attached hydrogens (tertiary/aromatic N) is 4. The van der Waals surface area contributed by atoms with Crippen molar-refractivity contribution < 1.29 is 26.7 Å². The SMILES string of the molecule is Oc1ccc(Br)cc1/C=N/c1nc(-c2ccccc2)cs1.Oc1ccc(Br)cc1/C=N/c1nc(-c2ccccc2)cs1.[Ni]. The molecule has 218 valence electrons. The van der Waals surface area contributed by atoms with E-state index in [9.17, 15) is 10.2 Å². The number of rotatable bonds is 6. The van der Waals surface area contributed by atoms with Gasteiger partial charge in [-0.3, -0.25) is 0 Å². The molecule has 4 aromatic carbocycles. The van der Waals surface area contributed by atoms with Gasteiger partial charge in [-0.25, -0.2) is 20.0 Å². The summed E-state index contributed by atoms with van der Waals surface area (Å²) in [6.45, 7) is 0. The van der Waals surface area contributed by atoms with Crippen molar-refractivity contribution in [2.75, 3.05) is 0 Å². The summed E-state index contributed by atoms with van der Waals surface area (Å²) in [7, 11) is 0. The molecule has 0 aliphatic heterocycles. The van der Waals surface area contributed by atoms with E-state index in [2.05, 4.69) is 51.8 Å². The van der Waals surface area contributed by atoms with Crippen LogP contribution in [0.5, 0.6) is 11.5 Å². The second kappa shape index (κ2) is 15.8. The first-order chi connectivity index (χ1) is 20.4. The van der Waals surface area contributed by atoms with Crippen LogP contribution in [0.4, 0.5) is 10.3 Å². The van der Waals surface area contributed by atoms with Crippen molar-refractivity contribution in [3.05, 3.63) is 128 Å². The fourth-order valence-corrected chi connectivity index (χ4v) is 5.74. The van der Waals surface area contributed by atoms with Gasteiger partial charge in [0, 0.05) is 70.9 Å². The van der Waals surface area contributed by atoms with Gasteiger partial charge in [-0.15, -0.1) is 22.7 Å². The van der Waals surface area contributed by atoms with Crippen molar-refractivity contribution in [2.24, 2.45) is 9.98 Å². The molecule has 2 aromatic heterocycles. The molecular formula is C32H22Br2N4NiO2S2. The first-order valence-corrected chi connectivity index (χ1v) is 15.9. The quantitative estimate of drug-likeness (QED) is 0.130. The van der Waals surface area contributed by atoms with E-state index in [1.165, 1.54) is 22.7 Å². The predicted molar refractivity (Wildman–Crippen MR) is 181 cm³/mol. The van der Waals surface area contributed by atoms with Gasteiger partial charge >= 0.3 is 0 Å². The van der Waals surface area contributed by atoms with Gasteiger partial charge in [0.15, 0.2) is 0 Å². The molecule has 0 spiro atoms. The van der Waals surface area contributed by atoms with Crippen molar-refractivity contribution in [1.82, 2.24) is 9.97 Å². The molecule has 2 heterocycles. The number of benzene rings is 4. The zero-order chi connectivity index (χ0) is 29.3. The summed E-state index contributed by atoms with van der Waals surface area (Å²) in [6, 6.07) is 30.4. The number of aromatic nitrogens is 2. The van der Waals surface area contributed by atoms with Crippen molar-refractivity contribution in [3.8, 4) is 34.0 Å². The fourth-order valence-electron chi connectivity index (χ4n) is 3.64. The number of halogens is 2. The third-order valence-electron chi connectivity index (χ3n) is 5.73. The Labute approximate surface area is 283 Å². The number of phenolic OH excluding ortho intramolecular Hbond substituents is 2. The van der Waals surface area contributed by atoms with Crippen molar-refractivity contribution >= 4 is 77.2 Å². The number of hydrogen-bond acceptors (Lipinski definition) is 8. The van der Waals surface area contributed by atoms with E-state index in [-0.39, 0.29) is 28.0 Å². The van der Waals surface area contributed by atoms with Crippen LogP contribution in [0.3, 0.4) is 0 Å². The molecule has 6 aromatic rings. The van der Waals surface area contributed by atoms with Crippen LogP contribution in [0.15, 0.2) is 127 Å². The van der Waals surface area contributed by atoms with Crippen LogP contribution in [0.2, 0.25) is 0 Å². The van der Waals surface area contributed by atoms with Gasteiger partial charge in [0.25, 0.3) is 0 Å². The molecule has 0 fully saturated rings. The Morgan fingerprint density at radius 2 is 0.977 bits per heavy atom. The Kier molecular flexibility index (Phi) is 12.0. The predicted octanol–water partition coefficient (Wildman–Crippen LogP) is 10.1. The summed E-state index contributed by atoms with van der Waals surface area (Å²) < 4.78 is 1.79. The second-order valence-electron chi connectivity index (χ2n) is 8.69. The molecule has 0 radical (unpaired) electrons. The van der Waals surface area contributed by atoms with Crippen LogP contribution in [0.25, 0.3) is 22.5 Å². The minimum atomic E-state index is 0. The number of thiazole rings is 2. The Hall–Kier alpha value is -3.47. The Morgan fingerprint density at radius 1 is 0.581 bits per heavy atom. The van der Waals surface area contributed by atoms with E-state index in [1.807, 2.05) is 83.6 Å². The first-order valence-electron chi connectivity index (χ1n) is 12.5. The van der Waals surface area contributed by atoms with Crippen LogP contribution in [-0.4, -0.2) is 32.6 Å². The minimum Gasteiger partial charge on any atom is -0.507 e. The van der Waals surface area contributed by atoms with Crippen LogP contribution >= 0.6 is 54.5 Å². The van der Waals surface area contributed by atoms with Crippen LogP contribution in [0, 0.1) is 0 Å². The Balaban J connectivity index is 0.000000192.